The van der Waals surface area contributed by atoms with Crippen LogP contribution in [0.15, 0.2) is 12.2 Å². The first-order valence-corrected chi connectivity index (χ1v) is 9.99. The highest BCUT2D eigenvalue weighted by molar-refractivity contribution is 6.11. The Bertz CT molecular complexity index is 313. The number of allylic oxidation sites excluding steroid dienone is 2. The van der Waals surface area contributed by atoms with Gasteiger partial charge in [0.2, 0.25) is 0 Å². The van der Waals surface area contributed by atoms with Crippen molar-refractivity contribution >= 4 is 7.85 Å². The van der Waals surface area contributed by atoms with Gasteiger partial charge in [-0.2, -0.15) is 0 Å². The van der Waals surface area contributed by atoms with Crippen molar-refractivity contribution in [3.05, 3.63) is 12.2 Å². The predicted molar refractivity (Wildman–Crippen MR) is 95.4 cm³/mol. The first kappa shape index (κ1) is 15.7. The van der Waals surface area contributed by atoms with E-state index < -0.39 is 0 Å². The van der Waals surface area contributed by atoms with Crippen LogP contribution in [0.2, 0.25) is 5.82 Å². The minimum absolute atomic E-state index is 0.922. The molecule has 118 valence electrons. The van der Waals surface area contributed by atoms with Gasteiger partial charge < -0.3 is 0 Å². The van der Waals surface area contributed by atoms with Crippen molar-refractivity contribution in [1.82, 2.24) is 0 Å². The quantitative estimate of drug-likeness (QED) is 0.472. The number of hydrogen-bond acceptors (Lipinski definition) is 0. The van der Waals surface area contributed by atoms with Gasteiger partial charge in [-0.3, -0.25) is 0 Å². The highest BCUT2D eigenvalue weighted by Crippen LogP contribution is 2.42. The van der Waals surface area contributed by atoms with Crippen molar-refractivity contribution in [3.8, 4) is 0 Å². The highest BCUT2D eigenvalue weighted by Gasteiger charge is 2.29. The van der Waals surface area contributed by atoms with Gasteiger partial charge in [-0.15, -0.1) is 0 Å². The second-order valence-electron chi connectivity index (χ2n) is 8.48. The molecule has 0 unspecified atom stereocenters. The average molecular weight is 286 g/mol. The molecule has 0 spiro atoms. The molecule has 0 saturated heterocycles. The molecule has 3 rings (SSSR count). The predicted octanol–water partition coefficient (Wildman–Crippen LogP) is 5.54. The van der Waals surface area contributed by atoms with Gasteiger partial charge in [-0.05, 0) is 62.2 Å². The van der Waals surface area contributed by atoms with E-state index in [0.29, 0.717) is 0 Å². The van der Waals surface area contributed by atoms with Crippen LogP contribution in [-0.4, -0.2) is 7.85 Å². The molecule has 3 fully saturated rings. The van der Waals surface area contributed by atoms with Crippen molar-refractivity contribution < 1.29 is 0 Å². The van der Waals surface area contributed by atoms with Crippen LogP contribution >= 0.6 is 0 Å². The Labute approximate surface area is 133 Å². The summed E-state index contributed by atoms with van der Waals surface area (Å²) < 4.78 is 0. The van der Waals surface area contributed by atoms with E-state index >= 15 is 0 Å². The van der Waals surface area contributed by atoms with Crippen molar-refractivity contribution in [2.24, 2.45) is 23.7 Å². The molecular weight excluding hydrogens is 251 g/mol. The lowest BCUT2D eigenvalue weighted by molar-refractivity contribution is 0.180. The van der Waals surface area contributed by atoms with Crippen LogP contribution in [0.25, 0.3) is 0 Å². The lowest BCUT2D eigenvalue weighted by Crippen LogP contribution is -2.24. The molecule has 0 bridgehead atoms. The van der Waals surface area contributed by atoms with Crippen LogP contribution in [0.5, 0.6) is 0 Å². The van der Waals surface area contributed by atoms with Crippen molar-refractivity contribution in [3.63, 3.8) is 0 Å². The van der Waals surface area contributed by atoms with Gasteiger partial charge in [0.05, 0.1) is 0 Å². The maximum absolute atomic E-state index is 2.62. The third kappa shape index (κ3) is 4.63. The molecule has 0 aromatic rings. The third-order valence-electron chi connectivity index (χ3n) is 6.85. The number of rotatable bonds is 3. The minimum Gasteiger partial charge on any atom is -0.0851 e. The Morgan fingerprint density at radius 2 is 1.00 bits per heavy atom. The Balaban J connectivity index is 1.39. The average Bonchev–Trinajstić information content (AvgIpc) is 2.55. The summed E-state index contributed by atoms with van der Waals surface area (Å²) in [5.74, 6) is 5.03. The second kappa shape index (κ2) is 7.88. The lowest BCUT2D eigenvalue weighted by Gasteiger charge is -2.36. The van der Waals surface area contributed by atoms with E-state index in [1.54, 1.807) is 0 Å². The summed E-state index contributed by atoms with van der Waals surface area (Å²) in [6, 6.07) is 0. The molecule has 3 saturated carbocycles. The first-order valence-electron chi connectivity index (χ1n) is 9.99. The fourth-order valence-corrected chi connectivity index (χ4v) is 5.21. The second-order valence-corrected chi connectivity index (χ2v) is 8.48. The lowest BCUT2D eigenvalue weighted by atomic mass is 9.65. The van der Waals surface area contributed by atoms with Crippen molar-refractivity contribution in [2.75, 3.05) is 0 Å². The van der Waals surface area contributed by atoms with Crippen LogP contribution in [0.3, 0.4) is 0 Å². The summed E-state index contributed by atoms with van der Waals surface area (Å²) in [4.78, 5) is 0. The van der Waals surface area contributed by atoms with E-state index in [4.69, 9.17) is 0 Å². The molecule has 1 heteroatoms. The van der Waals surface area contributed by atoms with Gasteiger partial charge in [0.15, 0.2) is 0 Å². The van der Waals surface area contributed by atoms with Gasteiger partial charge in [0.25, 0.3) is 0 Å². The van der Waals surface area contributed by atoms with Crippen LogP contribution in [-0.2, 0) is 0 Å². The van der Waals surface area contributed by atoms with Gasteiger partial charge in [-0.1, -0.05) is 62.9 Å². The topological polar surface area (TPSA) is 0 Å². The van der Waals surface area contributed by atoms with Crippen molar-refractivity contribution in [1.29, 1.82) is 0 Å². The van der Waals surface area contributed by atoms with E-state index in [9.17, 15) is 0 Å². The van der Waals surface area contributed by atoms with E-state index in [1.807, 2.05) is 0 Å². The number of hydrogen-bond donors (Lipinski definition) is 0. The van der Waals surface area contributed by atoms with Crippen molar-refractivity contribution in [2.45, 2.75) is 89.3 Å². The van der Waals surface area contributed by atoms with Crippen LogP contribution in [0, 0.1) is 23.7 Å². The van der Waals surface area contributed by atoms with E-state index in [1.165, 1.54) is 83.5 Å². The smallest absolute Gasteiger partial charge is 0.0851 e. The standard InChI is InChI=1S/C20H35B/c21-20-14-12-19(13-15-20)18-10-8-17(9-11-18)7-6-16-4-2-1-3-5-16/h6-7,16-20H,1-5,8-15,21H2/b7-6+. The molecule has 0 aromatic carbocycles. The maximum Gasteiger partial charge on any atom is 0.105 e. The summed E-state index contributed by atoms with van der Waals surface area (Å²) in [5.41, 5.74) is 0. The summed E-state index contributed by atoms with van der Waals surface area (Å²) in [6.07, 6.45) is 24.7. The zero-order chi connectivity index (χ0) is 14.5. The SMILES string of the molecule is BC1CCC(C2CCC(/C=C/C3CCCCC3)CC2)CC1. The minimum atomic E-state index is 0.922. The van der Waals surface area contributed by atoms with Crippen LogP contribution in [0.1, 0.15) is 83.5 Å². The molecular formula is C20H35B. The summed E-state index contributed by atoms with van der Waals surface area (Å²) in [6.45, 7) is 0. The Hall–Kier alpha value is -0.195. The monoisotopic (exact) mass is 286 g/mol. The van der Waals surface area contributed by atoms with Gasteiger partial charge in [0.1, 0.15) is 7.85 Å². The third-order valence-corrected chi connectivity index (χ3v) is 6.85. The largest absolute Gasteiger partial charge is 0.105 e. The Morgan fingerprint density at radius 3 is 1.57 bits per heavy atom. The fourth-order valence-electron chi connectivity index (χ4n) is 5.21. The molecule has 0 nitrogen and oxygen atoms in total. The summed E-state index contributed by atoms with van der Waals surface area (Å²) in [7, 11) is 2.45. The maximum atomic E-state index is 2.62. The van der Waals surface area contributed by atoms with Gasteiger partial charge >= 0.3 is 0 Å². The molecule has 0 radical (unpaired) electrons. The van der Waals surface area contributed by atoms with Crippen LogP contribution < -0.4 is 0 Å². The normalized spacial score (nSPS) is 39.6. The summed E-state index contributed by atoms with van der Waals surface area (Å²) in [5, 5.41) is 0. The molecule has 0 N–H and O–H groups in total. The Morgan fingerprint density at radius 1 is 0.524 bits per heavy atom. The fraction of sp³-hybridized carbons (Fsp3) is 0.900. The van der Waals surface area contributed by atoms with Gasteiger partial charge in [0, 0.05) is 0 Å². The molecule has 0 amide bonds. The van der Waals surface area contributed by atoms with Gasteiger partial charge in [-0.25, -0.2) is 0 Å². The first-order chi connectivity index (χ1) is 10.3. The Kier molecular flexibility index (Phi) is 5.89. The van der Waals surface area contributed by atoms with E-state index in [-0.39, 0.29) is 0 Å². The van der Waals surface area contributed by atoms with E-state index in [2.05, 4.69) is 20.0 Å². The summed E-state index contributed by atoms with van der Waals surface area (Å²) >= 11 is 0. The molecule has 0 aliphatic heterocycles. The molecule has 3 aliphatic rings. The zero-order valence-electron chi connectivity index (χ0n) is 14.2. The zero-order valence-corrected chi connectivity index (χ0v) is 14.2. The molecule has 0 heterocycles. The van der Waals surface area contributed by atoms with Crippen LogP contribution in [0.4, 0.5) is 0 Å². The highest BCUT2D eigenvalue weighted by atomic mass is 14.3. The molecule has 3 aliphatic carbocycles. The molecule has 0 aromatic heterocycles. The van der Waals surface area contributed by atoms with E-state index in [0.717, 1.165) is 29.5 Å². The molecule has 0 atom stereocenters. The molecule has 21 heavy (non-hydrogen) atoms.